The number of hydrogen-bond donors (Lipinski definition) is 2. The maximum Gasteiger partial charge on any atom is 0.354 e. The van der Waals surface area contributed by atoms with Crippen LogP contribution in [0.2, 0.25) is 0 Å². The number of carboxylic acids is 1. The number of carbonyl (C=O) groups is 1. The second-order valence-corrected chi connectivity index (χ2v) is 4.20. The minimum absolute atomic E-state index is 0.0802. The quantitative estimate of drug-likeness (QED) is 0.778. The zero-order chi connectivity index (χ0) is 14.4. The molecular weight excluding hydrogens is 258 g/mol. The van der Waals surface area contributed by atoms with Gasteiger partial charge in [0.05, 0.1) is 12.3 Å². The highest BCUT2D eigenvalue weighted by Gasteiger charge is 2.09. The predicted octanol–water partition coefficient (Wildman–Crippen LogP) is 1.77. The standard InChI is InChI=1S/C14H15N3O3/c15-11-3-4-12(14(18)19)17-13(11)20-9-1-2-10-5-7-16-8-6-10/h3-8H,1-2,9,15H2,(H,18,19). The average molecular weight is 273 g/mol. The van der Waals surface area contributed by atoms with Crippen molar-refractivity contribution in [3.8, 4) is 5.88 Å². The molecule has 0 unspecified atom stereocenters. The van der Waals surface area contributed by atoms with Crippen LogP contribution >= 0.6 is 0 Å². The number of aryl methyl sites for hydroxylation is 1. The number of rotatable bonds is 6. The van der Waals surface area contributed by atoms with Crippen molar-refractivity contribution in [3.63, 3.8) is 0 Å². The molecule has 0 aliphatic carbocycles. The Morgan fingerprint density at radius 2 is 2.00 bits per heavy atom. The van der Waals surface area contributed by atoms with Crippen LogP contribution in [-0.4, -0.2) is 27.7 Å². The van der Waals surface area contributed by atoms with Crippen molar-refractivity contribution in [1.29, 1.82) is 0 Å². The van der Waals surface area contributed by atoms with Crippen molar-refractivity contribution in [1.82, 2.24) is 9.97 Å². The van der Waals surface area contributed by atoms with E-state index >= 15 is 0 Å². The van der Waals surface area contributed by atoms with Gasteiger partial charge in [-0.1, -0.05) is 0 Å². The lowest BCUT2D eigenvalue weighted by molar-refractivity contribution is 0.0689. The fraction of sp³-hybridized carbons (Fsp3) is 0.214. The third-order valence-electron chi connectivity index (χ3n) is 2.71. The Balaban J connectivity index is 1.88. The molecule has 0 spiro atoms. The largest absolute Gasteiger partial charge is 0.477 e. The van der Waals surface area contributed by atoms with Crippen molar-refractivity contribution >= 4 is 11.7 Å². The summed E-state index contributed by atoms with van der Waals surface area (Å²) in [6.45, 7) is 0.419. The summed E-state index contributed by atoms with van der Waals surface area (Å²) in [5.41, 5.74) is 7.12. The number of anilines is 1. The van der Waals surface area contributed by atoms with E-state index in [-0.39, 0.29) is 11.6 Å². The number of aromatic nitrogens is 2. The molecule has 2 aromatic rings. The highest BCUT2D eigenvalue weighted by Crippen LogP contribution is 2.18. The number of ether oxygens (including phenoxy) is 1. The number of nitrogens with two attached hydrogens (primary N) is 1. The molecule has 0 bridgehead atoms. The highest BCUT2D eigenvalue weighted by atomic mass is 16.5. The maximum absolute atomic E-state index is 10.8. The lowest BCUT2D eigenvalue weighted by atomic mass is 10.1. The summed E-state index contributed by atoms with van der Waals surface area (Å²) in [6, 6.07) is 6.71. The maximum atomic E-state index is 10.8. The van der Waals surface area contributed by atoms with E-state index < -0.39 is 5.97 Å². The SMILES string of the molecule is Nc1ccc(C(=O)O)nc1OCCCc1ccncc1. The first-order chi connectivity index (χ1) is 9.66. The predicted molar refractivity (Wildman–Crippen MR) is 73.7 cm³/mol. The molecule has 0 aliphatic rings. The van der Waals surface area contributed by atoms with E-state index in [0.29, 0.717) is 12.3 Å². The molecule has 20 heavy (non-hydrogen) atoms. The molecule has 2 aromatic heterocycles. The summed E-state index contributed by atoms with van der Waals surface area (Å²) in [7, 11) is 0. The van der Waals surface area contributed by atoms with Gasteiger partial charge in [-0.3, -0.25) is 4.98 Å². The average Bonchev–Trinajstić information content (AvgIpc) is 2.46. The van der Waals surface area contributed by atoms with Crippen LogP contribution < -0.4 is 10.5 Å². The molecule has 0 radical (unpaired) electrons. The Morgan fingerprint density at radius 3 is 2.70 bits per heavy atom. The molecule has 0 saturated heterocycles. The molecule has 3 N–H and O–H groups in total. The first kappa shape index (κ1) is 13.8. The number of hydrogen-bond acceptors (Lipinski definition) is 5. The summed E-state index contributed by atoms with van der Waals surface area (Å²) >= 11 is 0. The van der Waals surface area contributed by atoms with Gasteiger partial charge >= 0.3 is 5.97 Å². The molecule has 104 valence electrons. The zero-order valence-corrected chi connectivity index (χ0v) is 10.8. The van der Waals surface area contributed by atoms with E-state index in [9.17, 15) is 4.79 Å². The van der Waals surface area contributed by atoms with Crippen molar-refractivity contribution in [2.45, 2.75) is 12.8 Å². The molecule has 0 fully saturated rings. The Hall–Kier alpha value is -2.63. The van der Waals surface area contributed by atoms with E-state index in [1.165, 1.54) is 17.7 Å². The topological polar surface area (TPSA) is 98.3 Å². The number of aromatic carboxylic acids is 1. The van der Waals surface area contributed by atoms with Crippen molar-refractivity contribution in [2.24, 2.45) is 0 Å². The third kappa shape index (κ3) is 3.68. The van der Waals surface area contributed by atoms with Crippen molar-refractivity contribution in [3.05, 3.63) is 47.9 Å². The molecule has 2 rings (SSSR count). The molecule has 0 aromatic carbocycles. The lowest BCUT2D eigenvalue weighted by Gasteiger charge is -2.08. The molecule has 0 saturated carbocycles. The molecule has 2 heterocycles. The van der Waals surface area contributed by atoms with E-state index in [1.807, 2.05) is 12.1 Å². The van der Waals surface area contributed by atoms with Gasteiger partial charge in [-0.25, -0.2) is 9.78 Å². The lowest BCUT2D eigenvalue weighted by Crippen LogP contribution is -2.07. The molecule has 0 amide bonds. The Morgan fingerprint density at radius 1 is 1.25 bits per heavy atom. The zero-order valence-electron chi connectivity index (χ0n) is 10.8. The smallest absolute Gasteiger partial charge is 0.354 e. The molecule has 0 atom stereocenters. The second kappa shape index (κ2) is 6.51. The fourth-order valence-corrected chi connectivity index (χ4v) is 1.68. The van der Waals surface area contributed by atoms with Gasteiger partial charge in [0.15, 0.2) is 5.69 Å². The second-order valence-electron chi connectivity index (χ2n) is 4.20. The van der Waals surface area contributed by atoms with Crippen LogP contribution in [-0.2, 0) is 6.42 Å². The molecule has 6 heteroatoms. The van der Waals surface area contributed by atoms with Gasteiger partial charge in [-0.2, -0.15) is 0 Å². The van der Waals surface area contributed by atoms with Gasteiger partial charge in [-0.05, 0) is 42.7 Å². The summed E-state index contributed by atoms with van der Waals surface area (Å²) in [4.78, 5) is 18.6. The van der Waals surface area contributed by atoms with Crippen LogP contribution in [0.15, 0.2) is 36.7 Å². The van der Waals surface area contributed by atoms with Crippen LogP contribution in [0.3, 0.4) is 0 Å². The van der Waals surface area contributed by atoms with Crippen LogP contribution in [0.25, 0.3) is 0 Å². The van der Waals surface area contributed by atoms with Gasteiger partial charge in [0.2, 0.25) is 5.88 Å². The summed E-state index contributed by atoms with van der Waals surface area (Å²) < 4.78 is 5.43. The van der Waals surface area contributed by atoms with Gasteiger partial charge in [0.1, 0.15) is 0 Å². The van der Waals surface area contributed by atoms with Crippen LogP contribution in [0, 0.1) is 0 Å². The van der Waals surface area contributed by atoms with E-state index in [2.05, 4.69) is 9.97 Å². The fourth-order valence-electron chi connectivity index (χ4n) is 1.68. The van der Waals surface area contributed by atoms with Crippen LogP contribution in [0.5, 0.6) is 5.88 Å². The van der Waals surface area contributed by atoms with Gasteiger partial charge in [0, 0.05) is 12.4 Å². The van der Waals surface area contributed by atoms with E-state index in [4.69, 9.17) is 15.6 Å². The Labute approximate surface area is 116 Å². The molecular formula is C14H15N3O3. The number of pyridine rings is 2. The Kier molecular flexibility index (Phi) is 4.49. The van der Waals surface area contributed by atoms with E-state index in [1.54, 1.807) is 12.4 Å². The van der Waals surface area contributed by atoms with Crippen LogP contribution in [0.1, 0.15) is 22.5 Å². The number of carboxylic acid groups (broad SMARTS) is 1. The highest BCUT2D eigenvalue weighted by molar-refractivity contribution is 5.86. The summed E-state index contributed by atoms with van der Waals surface area (Å²) in [5, 5.41) is 8.86. The first-order valence-corrected chi connectivity index (χ1v) is 6.18. The van der Waals surface area contributed by atoms with E-state index in [0.717, 1.165) is 12.8 Å². The normalized spacial score (nSPS) is 10.2. The Bertz CT molecular complexity index is 587. The van der Waals surface area contributed by atoms with Gasteiger partial charge in [-0.15, -0.1) is 0 Å². The monoisotopic (exact) mass is 273 g/mol. The van der Waals surface area contributed by atoms with Crippen LogP contribution in [0.4, 0.5) is 5.69 Å². The minimum atomic E-state index is -1.10. The van der Waals surface area contributed by atoms with Crippen molar-refractivity contribution in [2.75, 3.05) is 12.3 Å². The van der Waals surface area contributed by atoms with Crippen molar-refractivity contribution < 1.29 is 14.6 Å². The molecule has 6 nitrogen and oxygen atoms in total. The van der Waals surface area contributed by atoms with Gasteiger partial charge in [0.25, 0.3) is 0 Å². The number of nitrogen functional groups attached to an aromatic ring is 1. The summed E-state index contributed by atoms with van der Waals surface area (Å²) in [6.07, 6.45) is 5.11. The minimum Gasteiger partial charge on any atom is -0.477 e. The molecule has 0 aliphatic heterocycles. The van der Waals surface area contributed by atoms with Gasteiger partial charge < -0.3 is 15.6 Å². The first-order valence-electron chi connectivity index (χ1n) is 6.18. The number of nitrogens with zero attached hydrogens (tertiary/aromatic N) is 2. The third-order valence-corrected chi connectivity index (χ3v) is 2.71. The summed E-state index contributed by atoms with van der Waals surface area (Å²) in [5.74, 6) is -0.939.